The van der Waals surface area contributed by atoms with E-state index in [1.807, 2.05) is 12.1 Å². The Balaban J connectivity index is 2.10. The summed E-state index contributed by atoms with van der Waals surface area (Å²) in [7, 11) is 0. The molecule has 2 heteroatoms. The molecule has 2 rings (SSSR count). The first-order valence-electron chi connectivity index (χ1n) is 4.86. The van der Waals surface area contributed by atoms with Crippen molar-refractivity contribution in [3.63, 3.8) is 0 Å². The molecule has 2 N–H and O–H groups in total. The number of aromatic hydroxyl groups is 1. The predicted octanol–water partition coefficient (Wildman–Crippen LogP) is 1.86. The Morgan fingerprint density at radius 1 is 1.23 bits per heavy atom. The van der Waals surface area contributed by atoms with E-state index in [0.717, 1.165) is 13.1 Å². The lowest BCUT2D eigenvalue weighted by molar-refractivity contribution is 0.458. The molecule has 1 fully saturated rings. The Bertz CT molecular complexity index is 262. The molecule has 0 spiro atoms. The van der Waals surface area contributed by atoms with Crippen LogP contribution in [-0.4, -0.2) is 18.2 Å². The second-order valence-corrected chi connectivity index (χ2v) is 3.63. The van der Waals surface area contributed by atoms with Crippen LogP contribution in [0.4, 0.5) is 0 Å². The smallest absolute Gasteiger partial charge is 0.115 e. The van der Waals surface area contributed by atoms with Crippen molar-refractivity contribution >= 4 is 0 Å². The van der Waals surface area contributed by atoms with Crippen LogP contribution in [0.3, 0.4) is 0 Å². The number of rotatable bonds is 1. The maximum atomic E-state index is 9.14. The van der Waals surface area contributed by atoms with Crippen molar-refractivity contribution in [3.05, 3.63) is 29.8 Å². The largest absolute Gasteiger partial charge is 0.508 e. The van der Waals surface area contributed by atoms with Crippen molar-refractivity contribution in [1.29, 1.82) is 0 Å². The van der Waals surface area contributed by atoms with Crippen LogP contribution in [0.2, 0.25) is 0 Å². The number of phenolic OH excluding ortho intramolecular Hbond substituents is 1. The Kier molecular flexibility index (Phi) is 2.50. The van der Waals surface area contributed by atoms with Crippen LogP contribution in [0, 0.1) is 0 Å². The Hall–Kier alpha value is -1.02. The van der Waals surface area contributed by atoms with Crippen LogP contribution in [-0.2, 0) is 0 Å². The fraction of sp³-hybridized carbons (Fsp3) is 0.455. The van der Waals surface area contributed by atoms with Crippen molar-refractivity contribution < 1.29 is 5.11 Å². The predicted molar refractivity (Wildman–Crippen MR) is 53.0 cm³/mol. The molecule has 1 aromatic carbocycles. The second-order valence-electron chi connectivity index (χ2n) is 3.63. The normalized spacial score (nSPS) is 22.9. The minimum atomic E-state index is 0.354. The standard InChI is InChI=1S/C11H15NO/c13-11-5-3-9(4-6-11)10-2-1-7-12-8-10/h3-6,10,12-13H,1-2,7-8H2/t10-/m0/s1. The van der Waals surface area contributed by atoms with E-state index in [9.17, 15) is 0 Å². The van der Waals surface area contributed by atoms with Crippen molar-refractivity contribution in [2.75, 3.05) is 13.1 Å². The lowest BCUT2D eigenvalue weighted by atomic mass is 9.92. The molecule has 2 nitrogen and oxygen atoms in total. The van der Waals surface area contributed by atoms with Gasteiger partial charge < -0.3 is 10.4 Å². The molecular formula is C11H15NO. The van der Waals surface area contributed by atoms with Gasteiger partial charge in [-0.25, -0.2) is 0 Å². The summed E-state index contributed by atoms with van der Waals surface area (Å²) in [5.41, 5.74) is 1.34. The molecule has 1 saturated heterocycles. The number of piperidine rings is 1. The molecule has 0 saturated carbocycles. The Morgan fingerprint density at radius 3 is 2.62 bits per heavy atom. The minimum absolute atomic E-state index is 0.354. The van der Waals surface area contributed by atoms with E-state index in [2.05, 4.69) is 5.32 Å². The van der Waals surface area contributed by atoms with Gasteiger partial charge in [0.05, 0.1) is 0 Å². The van der Waals surface area contributed by atoms with E-state index in [0.29, 0.717) is 11.7 Å². The van der Waals surface area contributed by atoms with Crippen LogP contribution >= 0.6 is 0 Å². The van der Waals surface area contributed by atoms with Gasteiger partial charge in [0, 0.05) is 6.54 Å². The van der Waals surface area contributed by atoms with Crippen LogP contribution in [0.5, 0.6) is 5.75 Å². The van der Waals surface area contributed by atoms with E-state index in [1.54, 1.807) is 12.1 Å². The van der Waals surface area contributed by atoms with E-state index < -0.39 is 0 Å². The second kappa shape index (κ2) is 3.79. The lowest BCUT2D eigenvalue weighted by Crippen LogP contribution is -2.28. The number of hydrogen-bond donors (Lipinski definition) is 2. The average molecular weight is 177 g/mol. The molecule has 0 aromatic heterocycles. The van der Waals surface area contributed by atoms with Gasteiger partial charge in [-0.2, -0.15) is 0 Å². The highest BCUT2D eigenvalue weighted by Crippen LogP contribution is 2.24. The highest BCUT2D eigenvalue weighted by atomic mass is 16.3. The Labute approximate surface area is 78.6 Å². The number of phenols is 1. The molecule has 1 aliphatic heterocycles. The molecule has 70 valence electrons. The van der Waals surface area contributed by atoms with Crippen LogP contribution in [0.25, 0.3) is 0 Å². The average Bonchev–Trinajstić information content (AvgIpc) is 2.20. The van der Waals surface area contributed by atoms with E-state index in [1.165, 1.54) is 18.4 Å². The van der Waals surface area contributed by atoms with Gasteiger partial charge in [0.2, 0.25) is 0 Å². The first-order valence-corrected chi connectivity index (χ1v) is 4.86. The summed E-state index contributed by atoms with van der Waals surface area (Å²) in [5, 5.41) is 12.5. The molecule has 1 heterocycles. The van der Waals surface area contributed by atoms with Gasteiger partial charge in [0.15, 0.2) is 0 Å². The number of nitrogens with one attached hydrogen (secondary N) is 1. The number of hydrogen-bond acceptors (Lipinski definition) is 2. The van der Waals surface area contributed by atoms with Crippen LogP contribution in [0.15, 0.2) is 24.3 Å². The lowest BCUT2D eigenvalue weighted by Gasteiger charge is -2.22. The summed E-state index contributed by atoms with van der Waals surface area (Å²) in [6, 6.07) is 7.58. The first-order chi connectivity index (χ1) is 6.36. The zero-order valence-corrected chi connectivity index (χ0v) is 7.66. The topological polar surface area (TPSA) is 32.3 Å². The van der Waals surface area contributed by atoms with Crippen LogP contribution in [0.1, 0.15) is 24.3 Å². The molecule has 1 atom stereocenters. The molecule has 1 aliphatic rings. The first kappa shape index (κ1) is 8.57. The van der Waals surface area contributed by atoms with Gasteiger partial charge in [0.25, 0.3) is 0 Å². The molecule has 1 aromatic rings. The SMILES string of the molecule is Oc1ccc([C@H]2CCCNC2)cc1. The third-order valence-electron chi connectivity index (χ3n) is 2.66. The zero-order valence-electron chi connectivity index (χ0n) is 7.66. The van der Waals surface area contributed by atoms with Gasteiger partial charge in [0.1, 0.15) is 5.75 Å². The summed E-state index contributed by atoms with van der Waals surface area (Å²) in [4.78, 5) is 0. The Morgan fingerprint density at radius 2 is 2.00 bits per heavy atom. The van der Waals surface area contributed by atoms with E-state index in [4.69, 9.17) is 5.11 Å². The monoisotopic (exact) mass is 177 g/mol. The van der Waals surface area contributed by atoms with Gasteiger partial charge in [-0.1, -0.05) is 12.1 Å². The summed E-state index contributed by atoms with van der Waals surface area (Å²) in [6.07, 6.45) is 2.52. The van der Waals surface area contributed by atoms with E-state index in [-0.39, 0.29) is 0 Å². The molecule has 0 bridgehead atoms. The van der Waals surface area contributed by atoms with Gasteiger partial charge in [-0.15, -0.1) is 0 Å². The molecule has 0 unspecified atom stereocenters. The zero-order chi connectivity index (χ0) is 9.10. The van der Waals surface area contributed by atoms with Gasteiger partial charge in [-0.3, -0.25) is 0 Å². The van der Waals surface area contributed by atoms with Crippen LogP contribution < -0.4 is 5.32 Å². The third kappa shape index (κ3) is 2.01. The molecule has 0 aliphatic carbocycles. The maximum absolute atomic E-state index is 9.14. The summed E-state index contributed by atoms with van der Waals surface area (Å²) in [5.74, 6) is 0.988. The fourth-order valence-corrected chi connectivity index (χ4v) is 1.88. The molecule has 13 heavy (non-hydrogen) atoms. The van der Waals surface area contributed by atoms with E-state index >= 15 is 0 Å². The van der Waals surface area contributed by atoms with Crippen molar-refractivity contribution in [1.82, 2.24) is 5.32 Å². The summed E-state index contributed by atoms with van der Waals surface area (Å²) >= 11 is 0. The van der Waals surface area contributed by atoms with Gasteiger partial charge in [-0.05, 0) is 43.0 Å². The van der Waals surface area contributed by atoms with Crippen molar-refractivity contribution in [3.8, 4) is 5.75 Å². The quantitative estimate of drug-likeness (QED) is 0.686. The molecule has 0 radical (unpaired) electrons. The maximum Gasteiger partial charge on any atom is 0.115 e. The summed E-state index contributed by atoms with van der Waals surface area (Å²) in [6.45, 7) is 2.22. The fourth-order valence-electron chi connectivity index (χ4n) is 1.88. The third-order valence-corrected chi connectivity index (χ3v) is 2.66. The van der Waals surface area contributed by atoms with Crippen molar-refractivity contribution in [2.45, 2.75) is 18.8 Å². The molecule has 0 amide bonds. The number of benzene rings is 1. The van der Waals surface area contributed by atoms with Crippen molar-refractivity contribution in [2.24, 2.45) is 0 Å². The highest BCUT2D eigenvalue weighted by molar-refractivity contribution is 5.28. The van der Waals surface area contributed by atoms with Gasteiger partial charge >= 0.3 is 0 Å². The summed E-state index contributed by atoms with van der Waals surface area (Å²) < 4.78 is 0. The highest BCUT2D eigenvalue weighted by Gasteiger charge is 2.14. The molecular weight excluding hydrogens is 162 g/mol. The minimum Gasteiger partial charge on any atom is -0.508 e.